The molecule has 0 atom stereocenters. The number of methoxy groups -OCH3 is 1. The van der Waals surface area contributed by atoms with Gasteiger partial charge in [-0.15, -0.1) is 0 Å². The Morgan fingerprint density at radius 1 is 1.28 bits per heavy atom. The van der Waals surface area contributed by atoms with Crippen molar-refractivity contribution in [2.24, 2.45) is 0 Å². The third kappa shape index (κ3) is 5.00. The summed E-state index contributed by atoms with van der Waals surface area (Å²) in [4.78, 5) is 0. The minimum absolute atomic E-state index is 0.143. The van der Waals surface area contributed by atoms with E-state index in [-0.39, 0.29) is 5.75 Å². The third-order valence-corrected chi connectivity index (χ3v) is 5.04. The quantitative estimate of drug-likeness (QED) is 0.631. The van der Waals surface area contributed by atoms with Crippen molar-refractivity contribution >= 4 is 24.0 Å². The molecular formula is C13H21BrO3Si. The third-order valence-electron chi connectivity index (χ3n) is 2.60. The lowest BCUT2D eigenvalue weighted by Crippen LogP contribution is -2.21. The monoisotopic (exact) mass is 332 g/mol. The van der Waals surface area contributed by atoms with Gasteiger partial charge in [0.2, 0.25) is 0 Å². The van der Waals surface area contributed by atoms with Gasteiger partial charge in [-0.3, -0.25) is 0 Å². The molecule has 0 saturated carbocycles. The molecule has 0 aromatic heterocycles. The SMILES string of the molecule is COc1cc(Br)c(COCC[Si](C)(C)C)cc1O. The molecule has 0 amide bonds. The smallest absolute Gasteiger partial charge is 0.161 e. The lowest BCUT2D eigenvalue weighted by molar-refractivity contribution is 0.132. The molecule has 0 radical (unpaired) electrons. The van der Waals surface area contributed by atoms with Crippen LogP contribution in [0.2, 0.25) is 25.7 Å². The second-order valence-electron chi connectivity index (χ2n) is 5.48. The fourth-order valence-electron chi connectivity index (χ4n) is 1.42. The largest absolute Gasteiger partial charge is 0.504 e. The van der Waals surface area contributed by atoms with Crippen molar-refractivity contribution in [3.8, 4) is 11.5 Å². The van der Waals surface area contributed by atoms with Gasteiger partial charge in [-0.1, -0.05) is 35.6 Å². The number of phenols is 1. The summed E-state index contributed by atoms with van der Waals surface area (Å²) in [6.45, 7) is 8.25. The minimum Gasteiger partial charge on any atom is -0.504 e. The Morgan fingerprint density at radius 2 is 1.94 bits per heavy atom. The van der Waals surface area contributed by atoms with Gasteiger partial charge < -0.3 is 14.6 Å². The van der Waals surface area contributed by atoms with Crippen molar-refractivity contribution in [3.05, 3.63) is 22.2 Å². The van der Waals surface area contributed by atoms with E-state index in [1.54, 1.807) is 12.1 Å². The molecule has 18 heavy (non-hydrogen) atoms. The Labute approximate surface area is 118 Å². The van der Waals surface area contributed by atoms with Crippen molar-refractivity contribution in [3.63, 3.8) is 0 Å². The van der Waals surface area contributed by atoms with E-state index < -0.39 is 8.07 Å². The maximum Gasteiger partial charge on any atom is 0.161 e. The predicted molar refractivity (Wildman–Crippen MR) is 80.2 cm³/mol. The van der Waals surface area contributed by atoms with Crippen LogP contribution in [0.15, 0.2) is 16.6 Å². The van der Waals surface area contributed by atoms with Crippen LogP contribution in [0.1, 0.15) is 5.56 Å². The van der Waals surface area contributed by atoms with E-state index in [1.807, 2.05) is 0 Å². The first kappa shape index (κ1) is 15.5. The molecule has 1 aromatic carbocycles. The fourth-order valence-corrected chi connectivity index (χ4v) is 2.61. The second-order valence-corrected chi connectivity index (χ2v) is 12.0. The van der Waals surface area contributed by atoms with Crippen LogP contribution in [0.25, 0.3) is 0 Å². The van der Waals surface area contributed by atoms with E-state index in [0.29, 0.717) is 12.4 Å². The Hall–Kier alpha value is -0.523. The van der Waals surface area contributed by atoms with Gasteiger partial charge in [-0.2, -0.15) is 0 Å². The normalized spacial score (nSPS) is 11.6. The molecular weight excluding hydrogens is 312 g/mol. The van der Waals surface area contributed by atoms with Crippen molar-refractivity contribution < 1.29 is 14.6 Å². The lowest BCUT2D eigenvalue weighted by Gasteiger charge is -2.16. The molecule has 0 aliphatic heterocycles. The summed E-state index contributed by atoms with van der Waals surface area (Å²) in [5.41, 5.74) is 0.934. The van der Waals surface area contributed by atoms with Crippen LogP contribution in [0.4, 0.5) is 0 Å². The first-order valence-electron chi connectivity index (χ1n) is 5.96. The molecule has 0 aliphatic carbocycles. The molecule has 0 saturated heterocycles. The summed E-state index contributed by atoms with van der Waals surface area (Å²) in [6, 6.07) is 4.58. The van der Waals surface area contributed by atoms with Gasteiger partial charge in [0.05, 0.1) is 13.7 Å². The van der Waals surface area contributed by atoms with Crippen molar-refractivity contribution in [2.45, 2.75) is 32.3 Å². The maximum atomic E-state index is 9.71. The van der Waals surface area contributed by atoms with Gasteiger partial charge in [0.1, 0.15) is 0 Å². The average Bonchev–Trinajstić information content (AvgIpc) is 2.27. The van der Waals surface area contributed by atoms with Crippen molar-refractivity contribution in [1.82, 2.24) is 0 Å². The van der Waals surface area contributed by atoms with Gasteiger partial charge in [0.25, 0.3) is 0 Å². The molecule has 3 nitrogen and oxygen atoms in total. The topological polar surface area (TPSA) is 38.7 Å². The summed E-state index contributed by atoms with van der Waals surface area (Å²) < 4.78 is 11.6. The summed E-state index contributed by atoms with van der Waals surface area (Å²) >= 11 is 3.45. The zero-order valence-corrected chi connectivity index (χ0v) is 14.0. The minimum atomic E-state index is -1.04. The predicted octanol–water partition coefficient (Wildman–Crippen LogP) is 4.02. The second kappa shape index (κ2) is 6.59. The molecule has 1 aromatic rings. The number of hydrogen-bond donors (Lipinski definition) is 1. The number of benzene rings is 1. The number of aromatic hydroxyl groups is 1. The van der Waals surface area contributed by atoms with Gasteiger partial charge in [-0.05, 0) is 23.7 Å². The first-order valence-corrected chi connectivity index (χ1v) is 10.5. The zero-order valence-electron chi connectivity index (χ0n) is 11.4. The Morgan fingerprint density at radius 3 is 2.50 bits per heavy atom. The van der Waals surface area contributed by atoms with Crippen LogP contribution < -0.4 is 4.74 Å². The van der Waals surface area contributed by atoms with Gasteiger partial charge >= 0.3 is 0 Å². The summed E-state index contributed by atoms with van der Waals surface area (Å²) in [5.74, 6) is 0.609. The molecule has 0 fully saturated rings. The van der Waals surface area contributed by atoms with E-state index in [1.165, 1.54) is 7.11 Å². The maximum absolute atomic E-state index is 9.71. The Balaban J connectivity index is 2.55. The van der Waals surface area contributed by atoms with Crippen LogP contribution in [0, 0.1) is 0 Å². The lowest BCUT2D eigenvalue weighted by atomic mass is 10.2. The Kier molecular flexibility index (Phi) is 5.69. The molecule has 0 spiro atoms. The number of halogens is 1. The van der Waals surface area contributed by atoms with E-state index in [9.17, 15) is 5.11 Å². The number of hydrogen-bond acceptors (Lipinski definition) is 3. The number of phenolic OH excluding ortho intramolecular Hbond substituents is 1. The molecule has 102 valence electrons. The average molecular weight is 333 g/mol. The molecule has 1 N–H and O–H groups in total. The van der Waals surface area contributed by atoms with E-state index in [2.05, 4.69) is 35.6 Å². The summed E-state index contributed by atoms with van der Waals surface area (Å²) in [7, 11) is 0.493. The summed E-state index contributed by atoms with van der Waals surface area (Å²) in [6.07, 6.45) is 0. The highest BCUT2D eigenvalue weighted by atomic mass is 79.9. The highest BCUT2D eigenvalue weighted by Gasteiger charge is 2.13. The highest BCUT2D eigenvalue weighted by Crippen LogP contribution is 2.32. The standard InChI is InChI=1S/C13H21BrO3Si/c1-16-13-8-11(14)10(7-12(13)15)9-17-5-6-18(2,3)4/h7-8,15H,5-6,9H2,1-4H3. The molecule has 0 unspecified atom stereocenters. The van der Waals surface area contributed by atoms with Crippen molar-refractivity contribution in [1.29, 1.82) is 0 Å². The molecule has 1 rings (SSSR count). The van der Waals surface area contributed by atoms with E-state index in [4.69, 9.17) is 9.47 Å². The summed E-state index contributed by atoms with van der Waals surface area (Å²) in [5, 5.41) is 9.71. The van der Waals surface area contributed by atoms with Crippen molar-refractivity contribution in [2.75, 3.05) is 13.7 Å². The Bertz CT molecular complexity index is 402. The van der Waals surface area contributed by atoms with Crippen LogP contribution in [-0.2, 0) is 11.3 Å². The molecule has 0 aliphatic rings. The first-order chi connectivity index (χ1) is 8.33. The molecule has 0 bridgehead atoms. The van der Waals surface area contributed by atoms with Crippen LogP contribution in [0.5, 0.6) is 11.5 Å². The zero-order chi connectivity index (χ0) is 13.8. The molecule has 5 heteroatoms. The van der Waals surface area contributed by atoms with E-state index in [0.717, 1.165) is 22.7 Å². The molecule has 0 heterocycles. The van der Waals surface area contributed by atoms with Crippen LogP contribution in [0.3, 0.4) is 0 Å². The van der Waals surface area contributed by atoms with E-state index >= 15 is 0 Å². The fraction of sp³-hybridized carbons (Fsp3) is 0.538. The van der Waals surface area contributed by atoms with Gasteiger partial charge in [0, 0.05) is 19.2 Å². The number of rotatable bonds is 6. The van der Waals surface area contributed by atoms with Gasteiger partial charge in [0.15, 0.2) is 11.5 Å². The van der Waals surface area contributed by atoms with Crippen LogP contribution >= 0.6 is 15.9 Å². The van der Waals surface area contributed by atoms with Crippen LogP contribution in [-0.4, -0.2) is 26.9 Å². The highest BCUT2D eigenvalue weighted by molar-refractivity contribution is 9.10. The number of ether oxygens (including phenoxy) is 2. The van der Waals surface area contributed by atoms with Gasteiger partial charge in [-0.25, -0.2) is 0 Å².